The summed E-state index contributed by atoms with van der Waals surface area (Å²) in [6, 6.07) is 15.6. The van der Waals surface area contributed by atoms with Crippen molar-refractivity contribution in [2.24, 2.45) is 0 Å². The molecule has 0 aliphatic carbocycles. The molecular formula is C20H23FN2O3S. The lowest BCUT2D eigenvalue weighted by atomic mass is 9.98. The van der Waals surface area contributed by atoms with Gasteiger partial charge >= 0.3 is 0 Å². The Bertz CT molecular complexity index is 917. The zero-order valence-corrected chi connectivity index (χ0v) is 16.4. The Morgan fingerprint density at radius 1 is 1.19 bits per heavy atom. The van der Waals surface area contributed by atoms with Crippen LogP contribution >= 0.6 is 0 Å². The molecule has 1 atom stereocenters. The maximum atomic E-state index is 14.9. The van der Waals surface area contributed by atoms with Gasteiger partial charge in [0, 0.05) is 12.1 Å². The van der Waals surface area contributed by atoms with Gasteiger partial charge in [-0.05, 0) is 44.5 Å². The lowest BCUT2D eigenvalue weighted by Gasteiger charge is -2.22. The summed E-state index contributed by atoms with van der Waals surface area (Å²) >= 11 is 0. The number of nitrogens with zero attached hydrogens (tertiary/aromatic N) is 1. The second-order valence-electron chi connectivity index (χ2n) is 6.69. The molecule has 27 heavy (non-hydrogen) atoms. The SMILES string of the molecule is CC(C)S(=O)(=O)NCC(C)(F)c1ccc(OCc2ccccc2C#N)cc1. The highest BCUT2D eigenvalue weighted by Gasteiger charge is 2.29. The van der Waals surface area contributed by atoms with E-state index >= 15 is 0 Å². The van der Waals surface area contributed by atoms with Crippen LogP contribution in [0.15, 0.2) is 48.5 Å². The van der Waals surface area contributed by atoms with E-state index in [0.29, 0.717) is 16.9 Å². The summed E-state index contributed by atoms with van der Waals surface area (Å²) in [5.74, 6) is 0.532. The first kappa shape index (κ1) is 20.9. The van der Waals surface area contributed by atoms with E-state index in [2.05, 4.69) is 10.8 Å². The van der Waals surface area contributed by atoms with Crippen LogP contribution in [0.3, 0.4) is 0 Å². The first-order valence-corrected chi connectivity index (χ1v) is 10.1. The molecule has 0 bridgehead atoms. The molecule has 2 aromatic carbocycles. The number of nitrogens with one attached hydrogen (secondary N) is 1. The third-order valence-electron chi connectivity index (χ3n) is 4.21. The molecule has 0 fully saturated rings. The van der Waals surface area contributed by atoms with Crippen molar-refractivity contribution in [1.29, 1.82) is 5.26 Å². The molecule has 2 rings (SSSR count). The van der Waals surface area contributed by atoms with Crippen LogP contribution in [-0.4, -0.2) is 20.2 Å². The molecular weight excluding hydrogens is 367 g/mol. The van der Waals surface area contributed by atoms with Crippen molar-refractivity contribution in [1.82, 2.24) is 4.72 Å². The van der Waals surface area contributed by atoms with Crippen LogP contribution in [0.2, 0.25) is 0 Å². The summed E-state index contributed by atoms with van der Waals surface area (Å²) < 4.78 is 46.5. The van der Waals surface area contributed by atoms with Crippen molar-refractivity contribution in [2.75, 3.05) is 6.54 Å². The Morgan fingerprint density at radius 2 is 1.81 bits per heavy atom. The highest BCUT2D eigenvalue weighted by atomic mass is 32.2. The van der Waals surface area contributed by atoms with Gasteiger partial charge in [0.15, 0.2) is 0 Å². The first-order chi connectivity index (χ1) is 12.7. The summed E-state index contributed by atoms with van der Waals surface area (Å²) in [6.45, 7) is 4.28. The summed E-state index contributed by atoms with van der Waals surface area (Å²) in [6.07, 6.45) is 0. The van der Waals surface area contributed by atoms with Gasteiger partial charge in [0.25, 0.3) is 0 Å². The molecule has 0 heterocycles. The number of nitriles is 1. The molecule has 0 saturated carbocycles. The molecule has 2 aromatic rings. The topological polar surface area (TPSA) is 79.2 Å². The molecule has 0 aromatic heterocycles. The highest BCUT2D eigenvalue weighted by molar-refractivity contribution is 7.90. The largest absolute Gasteiger partial charge is 0.489 e. The lowest BCUT2D eigenvalue weighted by molar-refractivity contribution is 0.196. The minimum absolute atomic E-state index is 0.226. The third kappa shape index (κ3) is 5.52. The second-order valence-corrected chi connectivity index (χ2v) is 9.02. The van der Waals surface area contributed by atoms with Crippen LogP contribution in [-0.2, 0) is 22.3 Å². The van der Waals surface area contributed by atoms with E-state index in [0.717, 1.165) is 5.56 Å². The van der Waals surface area contributed by atoms with Crippen molar-refractivity contribution in [2.45, 2.75) is 38.3 Å². The first-order valence-electron chi connectivity index (χ1n) is 8.54. The molecule has 1 unspecified atom stereocenters. The number of hydrogen-bond acceptors (Lipinski definition) is 4. The van der Waals surface area contributed by atoms with Gasteiger partial charge in [0.1, 0.15) is 18.0 Å². The Labute approximate surface area is 159 Å². The summed E-state index contributed by atoms with van der Waals surface area (Å²) in [5, 5.41) is 8.46. The fourth-order valence-electron chi connectivity index (χ4n) is 2.32. The third-order valence-corrected chi connectivity index (χ3v) is 6.00. The summed E-state index contributed by atoms with van der Waals surface area (Å²) in [5.41, 5.74) is -0.197. The number of benzene rings is 2. The van der Waals surface area contributed by atoms with E-state index in [4.69, 9.17) is 10.00 Å². The van der Waals surface area contributed by atoms with Gasteiger partial charge in [-0.2, -0.15) is 5.26 Å². The van der Waals surface area contributed by atoms with Crippen LogP contribution in [0.25, 0.3) is 0 Å². The van der Waals surface area contributed by atoms with Crippen molar-refractivity contribution < 1.29 is 17.5 Å². The molecule has 144 valence electrons. The van der Waals surface area contributed by atoms with Crippen molar-refractivity contribution in [3.05, 3.63) is 65.2 Å². The zero-order chi connectivity index (χ0) is 20.1. The number of hydrogen-bond donors (Lipinski definition) is 1. The van der Waals surface area contributed by atoms with Crippen molar-refractivity contribution in [3.63, 3.8) is 0 Å². The maximum Gasteiger partial charge on any atom is 0.214 e. The lowest BCUT2D eigenvalue weighted by Crippen LogP contribution is -2.39. The fraction of sp³-hybridized carbons (Fsp3) is 0.350. The Balaban J connectivity index is 2.02. The highest BCUT2D eigenvalue weighted by Crippen LogP contribution is 2.27. The minimum atomic E-state index is -3.53. The zero-order valence-electron chi connectivity index (χ0n) is 15.6. The Morgan fingerprint density at radius 3 is 2.41 bits per heavy atom. The number of halogens is 1. The van der Waals surface area contributed by atoms with E-state index < -0.39 is 20.9 Å². The van der Waals surface area contributed by atoms with Crippen LogP contribution in [0.4, 0.5) is 4.39 Å². The van der Waals surface area contributed by atoms with Gasteiger partial charge in [-0.15, -0.1) is 0 Å². The molecule has 7 heteroatoms. The number of alkyl halides is 1. The molecule has 0 saturated heterocycles. The summed E-state index contributed by atoms with van der Waals surface area (Å²) in [7, 11) is -3.53. The average Bonchev–Trinajstić information content (AvgIpc) is 2.65. The molecule has 0 aliphatic heterocycles. The van der Waals surface area contributed by atoms with Crippen LogP contribution < -0.4 is 9.46 Å². The summed E-state index contributed by atoms with van der Waals surface area (Å²) in [4.78, 5) is 0. The predicted molar refractivity (Wildman–Crippen MR) is 102 cm³/mol. The second kappa shape index (κ2) is 8.51. The predicted octanol–water partition coefficient (Wildman–Crippen LogP) is 3.65. The Hall–Kier alpha value is -2.43. The van der Waals surface area contributed by atoms with Gasteiger partial charge < -0.3 is 4.74 Å². The van der Waals surface area contributed by atoms with Crippen LogP contribution in [0.5, 0.6) is 5.75 Å². The fourth-order valence-corrected chi connectivity index (χ4v) is 3.13. The van der Waals surface area contributed by atoms with Crippen LogP contribution in [0, 0.1) is 11.3 Å². The molecule has 0 radical (unpaired) electrons. The van der Waals surface area contributed by atoms with Gasteiger partial charge in [-0.3, -0.25) is 0 Å². The monoisotopic (exact) mass is 390 g/mol. The molecule has 1 N–H and O–H groups in total. The number of rotatable bonds is 8. The van der Waals surface area contributed by atoms with E-state index in [9.17, 15) is 12.8 Å². The van der Waals surface area contributed by atoms with Crippen molar-refractivity contribution in [3.8, 4) is 11.8 Å². The quantitative estimate of drug-likeness (QED) is 0.746. The smallest absolute Gasteiger partial charge is 0.214 e. The molecule has 5 nitrogen and oxygen atoms in total. The average molecular weight is 390 g/mol. The number of sulfonamides is 1. The van der Waals surface area contributed by atoms with E-state index in [1.165, 1.54) is 20.8 Å². The van der Waals surface area contributed by atoms with E-state index in [-0.39, 0.29) is 13.2 Å². The van der Waals surface area contributed by atoms with Gasteiger partial charge in [0.05, 0.1) is 16.9 Å². The normalized spacial score (nSPS) is 13.8. The molecule has 0 aliphatic rings. The van der Waals surface area contributed by atoms with Gasteiger partial charge in [0.2, 0.25) is 10.0 Å². The molecule has 0 spiro atoms. The maximum absolute atomic E-state index is 14.9. The van der Waals surface area contributed by atoms with E-state index in [1.54, 1.807) is 36.4 Å². The van der Waals surface area contributed by atoms with Crippen LogP contribution in [0.1, 0.15) is 37.5 Å². The molecule has 0 amide bonds. The number of ether oxygens (including phenoxy) is 1. The van der Waals surface area contributed by atoms with Gasteiger partial charge in [-0.25, -0.2) is 17.5 Å². The Kier molecular flexibility index (Phi) is 6.58. The minimum Gasteiger partial charge on any atom is -0.489 e. The van der Waals surface area contributed by atoms with Crippen molar-refractivity contribution >= 4 is 10.0 Å². The van der Waals surface area contributed by atoms with E-state index in [1.807, 2.05) is 12.1 Å². The standard InChI is InChI=1S/C20H23FN2O3S/c1-15(2)27(24,25)23-14-20(3,21)18-8-10-19(11-9-18)26-13-17-7-5-4-6-16(17)12-22/h4-11,15,23H,13-14H2,1-3H3. The van der Waals surface area contributed by atoms with Gasteiger partial charge in [-0.1, -0.05) is 30.3 Å².